The molecule has 0 bridgehead atoms. The molecular weight excluding hydrogens is 332 g/mol. The number of amides is 1. The molecule has 25 heavy (non-hydrogen) atoms. The van der Waals surface area contributed by atoms with Gasteiger partial charge in [-0.15, -0.1) is 0 Å². The lowest BCUT2D eigenvalue weighted by Gasteiger charge is -2.17. The van der Waals surface area contributed by atoms with E-state index in [-0.39, 0.29) is 45.5 Å². The van der Waals surface area contributed by atoms with E-state index < -0.39 is 35.9 Å². The summed E-state index contributed by atoms with van der Waals surface area (Å²) in [5.74, 6) is -2.15. The molecule has 0 rings (SSSR count). The summed E-state index contributed by atoms with van der Waals surface area (Å²) in [5, 5.41) is 2.50. The van der Waals surface area contributed by atoms with Crippen LogP contribution in [-0.2, 0) is 33.4 Å². The zero-order chi connectivity index (χ0) is 19.2. The van der Waals surface area contributed by atoms with Gasteiger partial charge in [0.1, 0.15) is 12.1 Å². The third-order valence-electron chi connectivity index (χ3n) is 3.12. The van der Waals surface area contributed by atoms with E-state index in [4.69, 9.17) is 19.9 Å². The average molecular weight is 360 g/mol. The second-order valence-electron chi connectivity index (χ2n) is 5.11. The van der Waals surface area contributed by atoms with Crippen molar-refractivity contribution in [2.24, 2.45) is 5.73 Å². The van der Waals surface area contributed by atoms with Crippen LogP contribution in [-0.4, -0.2) is 55.7 Å². The van der Waals surface area contributed by atoms with Crippen LogP contribution < -0.4 is 11.1 Å². The Morgan fingerprint density at radius 1 is 0.840 bits per heavy atom. The predicted octanol–water partition coefficient (Wildman–Crippen LogP) is 0.0482. The van der Waals surface area contributed by atoms with Crippen molar-refractivity contribution in [1.82, 2.24) is 5.32 Å². The first-order valence-electron chi connectivity index (χ1n) is 8.39. The van der Waals surface area contributed by atoms with Gasteiger partial charge in [0.05, 0.1) is 19.8 Å². The van der Waals surface area contributed by atoms with Gasteiger partial charge < -0.3 is 25.3 Å². The van der Waals surface area contributed by atoms with Crippen LogP contribution in [0.25, 0.3) is 0 Å². The maximum Gasteiger partial charge on any atom is 0.328 e. The molecule has 9 nitrogen and oxygen atoms in total. The lowest BCUT2D eigenvalue weighted by molar-refractivity contribution is -0.149. The van der Waals surface area contributed by atoms with Crippen LogP contribution in [0.2, 0.25) is 0 Å². The normalized spacial score (nSPS) is 12.6. The summed E-state index contributed by atoms with van der Waals surface area (Å²) in [6.07, 6.45) is 0.0562. The summed E-state index contributed by atoms with van der Waals surface area (Å²) in [7, 11) is 0. The van der Waals surface area contributed by atoms with E-state index in [1.807, 2.05) is 0 Å². The molecule has 0 radical (unpaired) electrons. The molecule has 0 aromatic carbocycles. The first-order valence-corrected chi connectivity index (χ1v) is 8.39. The molecule has 0 aliphatic carbocycles. The summed E-state index contributed by atoms with van der Waals surface area (Å²) in [4.78, 5) is 46.7. The Hall–Kier alpha value is -2.16. The summed E-state index contributed by atoms with van der Waals surface area (Å²) in [6.45, 7) is 5.57. The number of carbonyl (C=O) groups is 4. The fraction of sp³-hybridized carbons (Fsp3) is 0.750. The van der Waals surface area contributed by atoms with Crippen molar-refractivity contribution >= 4 is 23.8 Å². The maximum atomic E-state index is 12.0. The van der Waals surface area contributed by atoms with Crippen LogP contribution in [0.15, 0.2) is 0 Å². The highest BCUT2D eigenvalue weighted by Gasteiger charge is 2.24. The number of nitrogens with one attached hydrogen (secondary N) is 1. The van der Waals surface area contributed by atoms with Crippen molar-refractivity contribution < 1.29 is 33.4 Å². The zero-order valence-corrected chi connectivity index (χ0v) is 15.0. The lowest BCUT2D eigenvalue weighted by Crippen LogP contribution is -2.43. The molecule has 0 fully saturated rings. The van der Waals surface area contributed by atoms with E-state index >= 15 is 0 Å². The number of ether oxygens (including phenoxy) is 3. The molecule has 0 aliphatic heterocycles. The molecule has 1 amide bonds. The molecule has 0 aromatic heterocycles. The number of hydrogen-bond donors (Lipinski definition) is 2. The Morgan fingerprint density at radius 3 is 1.96 bits per heavy atom. The number of rotatable bonds is 12. The van der Waals surface area contributed by atoms with Crippen LogP contribution in [0.3, 0.4) is 0 Å². The van der Waals surface area contributed by atoms with E-state index in [0.717, 1.165) is 0 Å². The summed E-state index contributed by atoms with van der Waals surface area (Å²) in [6, 6.07) is -1.87. The Balaban J connectivity index is 4.51. The van der Waals surface area contributed by atoms with E-state index in [1.165, 1.54) is 0 Å². The largest absolute Gasteiger partial charge is 0.466 e. The molecule has 0 saturated heterocycles. The van der Waals surface area contributed by atoms with Gasteiger partial charge in [-0.1, -0.05) is 0 Å². The van der Waals surface area contributed by atoms with Gasteiger partial charge in [-0.2, -0.15) is 0 Å². The van der Waals surface area contributed by atoms with Crippen molar-refractivity contribution in [3.8, 4) is 0 Å². The first kappa shape index (κ1) is 22.8. The number of nitrogens with two attached hydrogens (primary N) is 1. The van der Waals surface area contributed by atoms with Crippen molar-refractivity contribution in [2.75, 3.05) is 19.8 Å². The third kappa shape index (κ3) is 10.3. The van der Waals surface area contributed by atoms with Crippen molar-refractivity contribution in [1.29, 1.82) is 0 Å². The SMILES string of the molecule is CCOC(=O)CCC(NC(=O)CCC(N)C(=O)OCC)C(=O)OCC. The molecule has 2 atom stereocenters. The van der Waals surface area contributed by atoms with Gasteiger partial charge in [0.15, 0.2) is 0 Å². The third-order valence-corrected chi connectivity index (χ3v) is 3.12. The van der Waals surface area contributed by atoms with Crippen LogP contribution in [0.5, 0.6) is 0 Å². The fourth-order valence-electron chi connectivity index (χ4n) is 1.91. The quantitative estimate of drug-likeness (QED) is 0.368. The van der Waals surface area contributed by atoms with E-state index in [9.17, 15) is 19.2 Å². The highest BCUT2D eigenvalue weighted by atomic mass is 16.5. The molecule has 0 aromatic rings. The van der Waals surface area contributed by atoms with Crippen LogP contribution in [0.4, 0.5) is 0 Å². The standard InChI is InChI=1S/C16H28N2O7/c1-4-23-14(20)10-8-12(16(22)25-6-3)18-13(19)9-7-11(17)15(21)24-5-2/h11-12H,4-10,17H2,1-3H3,(H,18,19). The maximum absolute atomic E-state index is 12.0. The van der Waals surface area contributed by atoms with Crippen molar-refractivity contribution in [3.63, 3.8) is 0 Å². The Morgan fingerprint density at radius 2 is 1.40 bits per heavy atom. The van der Waals surface area contributed by atoms with Gasteiger partial charge in [-0.3, -0.25) is 14.4 Å². The molecule has 0 spiro atoms. The molecular formula is C16H28N2O7. The van der Waals surface area contributed by atoms with Crippen LogP contribution in [0.1, 0.15) is 46.5 Å². The molecule has 0 aliphatic rings. The average Bonchev–Trinajstić information content (AvgIpc) is 2.56. The highest BCUT2D eigenvalue weighted by molar-refractivity contribution is 5.85. The minimum absolute atomic E-state index is 0.0278. The van der Waals surface area contributed by atoms with Gasteiger partial charge in [-0.05, 0) is 33.6 Å². The molecule has 3 N–H and O–H groups in total. The summed E-state index contributed by atoms with van der Waals surface area (Å²) < 4.78 is 14.4. The number of esters is 3. The Labute approximate surface area is 147 Å². The first-order chi connectivity index (χ1) is 11.8. The van der Waals surface area contributed by atoms with Gasteiger partial charge >= 0.3 is 17.9 Å². The molecule has 9 heteroatoms. The molecule has 2 unspecified atom stereocenters. The topological polar surface area (TPSA) is 134 Å². The Kier molecular flexibility index (Phi) is 12.0. The summed E-state index contributed by atoms with van der Waals surface area (Å²) in [5.41, 5.74) is 5.61. The Bertz CT molecular complexity index is 454. The van der Waals surface area contributed by atoms with E-state index in [1.54, 1.807) is 20.8 Å². The van der Waals surface area contributed by atoms with Gasteiger partial charge in [0.2, 0.25) is 5.91 Å². The minimum atomic E-state index is -0.962. The van der Waals surface area contributed by atoms with Gasteiger partial charge in [0, 0.05) is 12.8 Å². The molecule has 0 heterocycles. The second-order valence-corrected chi connectivity index (χ2v) is 5.11. The fourth-order valence-corrected chi connectivity index (χ4v) is 1.91. The highest BCUT2D eigenvalue weighted by Crippen LogP contribution is 2.05. The smallest absolute Gasteiger partial charge is 0.328 e. The lowest BCUT2D eigenvalue weighted by atomic mass is 10.1. The second kappa shape index (κ2) is 13.2. The van der Waals surface area contributed by atoms with Crippen LogP contribution >= 0.6 is 0 Å². The van der Waals surface area contributed by atoms with Crippen molar-refractivity contribution in [3.05, 3.63) is 0 Å². The predicted molar refractivity (Wildman–Crippen MR) is 88.3 cm³/mol. The van der Waals surface area contributed by atoms with Gasteiger partial charge in [0.25, 0.3) is 0 Å². The molecule has 144 valence electrons. The van der Waals surface area contributed by atoms with E-state index in [0.29, 0.717) is 0 Å². The number of carbonyl (C=O) groups excluding carboxylic acids is 4. The minimum Gasteiger partial charge on any atom is -0.466 e. The molecule has 0 saturated carbocycles. The monoisotopic (exact) mass is 360 g/mol. The van der Waals surface area contributed by atoms with E-state index in [2.05, 4.69) is 5.32 Å². The van der Waals surface area contributed by atoms with Gasteiger partial charge in [-0.25, -0.2) is 4.79 Å². The zero-order valence-electron chi connectivity index (χ0n) is 15.0. The summed E-state index contributed by atoms with van der Waals surface area (Å²) >= 11 is 0. The van der Waals surface area contributed by atoms with Crippen LogP contribution in [0, 0.1) is 0 Å². The number of hydrogen-bond acceptors (Lipinski definition) is 8. The van der Waals surface area contributed by atoms with Crippen molar-refractivity contribution in [2.45, 2.75) is 58.5 Å².